The quantitative estimate of drug-likeness (QED) is 0.279. The molecule has 188 valence electrons. The molecule has 1 atom stereocenters. The molecule has 0 unspecified atom stereocenters. The van der Waals surface area contributed by atoms with Gasteiger partial charge in [0.25, 0.3) is 0 Å². The average Bonchev–Trinajstić information content (AvgIpc) is 2.80. The Bertz CT molecular complexity index is 884. The zero-order chi connectivity index (χ0) is 25.1. The van der Waals surface area contributed by atoms with Gasteiger partial charge >= 0.3 is 0 Å². The van der Waals surface area contributed by atoms with Crippen LogP contribution in [0.1, 0.15) is 38.7 Å². The van der Waals surface area contributed by atoms with Crippen molar-refractivity contribution in [2.75, 3.05) is 33.4 Å². The van der Waals surface area contributed by atoms with E-state index in [9.17, 15) is 4.79 Å². The molecule has 0 aliphatic carbocycles. The highest BCUT2D eigenvalue weighted by molar-refractivity contribution is 6.42. The van der Waals surface area contributed by atoms with Crippen LogP contribution in [-0.2, 0) is 20.8 Å². The predicted octanol–water partition coefficient (Wildman–Crippen LogP) is 5.28. The van der Waals surface area contributed by atoms with Gasteiger partial charge in [0.15, 0.2) is 0 Å². The molecule has 1 aromatic carbocycles. The zero-order valence-electron chi connectivity index (χ0n) is 20.5. The molecule has 1 amide bonds. The number of hydrogen-bond donors (Lipinski definition) is 2. The van der Waals surface area contributed by atoms with Crippen LogP contribution in [0.4, 0.5) is 0 Å². The van der Waals surface area contributed by atoms with Gasteiger partial charge in [-0.25, -0.2) is 0 Å². The van der Waals surface area contributed by atoms with E-state index in [0.29, 0.717) is 41.1 Å². The van der Waals surface area contributed by atoms with Crippen molar-refractivity contribution in [2.24, 2.45) is 5.92 Å². The molecular formula is C26H37Cl2N3O3. The molecule has 8 heteroatoms. The van der Waals surface area contributed by atoms with E-state index in [1.54, 1.807) is 13.2 Å². The minimum absolute atomic E-state index is 0.0143. The average molecular weight is 511 g/mol. The van der Waals surface area contributed by atoms with Crippen molar-refractivity contribution in [3.8, 4) is 0 Å². The molecular weight excluding hydrogens is 473 g/mol. The molecule has 0 spiro atoms. The molecule has 1 aliphatic heterocycles. The lowest BCUT2D eigenvalue weighted by molar-refractivity contribution is -0.124. The summed E-state index contributed by atoms with van der Waals surface area (Å²) in [5.41, 5.74) is 2.44. The molecule has 0 radical (unpaired) electrons. The van der Waals surface area contributed by atoms with E-state index in [-0.39, 0.29) is 17.9 Å². The molecule has 0 aromatic heterocycles. The van der Waals surface area contributed by atoms with Crippen molar-refractivity contribution in [1.29, 1.82) is 0 Å². The molecule has 1 aliphatic rings. The van der Waals surface area contributed by atoms with E-state index >= 15 is 0 Å². The molecule has 1 fully saturated rings. The van der Waals surface area contributed by atoms with Crippen molar-refractivity contribution < 1.29 is 14.3 Å². The Morgan fingerprint density at radius 3 is 2.68 bits per heavy atom. The number of allylic oxidation sites excluding steroid dienone is 1. The number of rotatable bonds is 13. The lowest BCUT2D eigenvalue weighted by atomic mass is 10.0. The molecule has 6 nitrogen and oxygen atoms in total. The fraction of sp³-hybridized carbons (Fsp3) is 0.500. The number of ether oxygens (including phenoxy) is 2. The first-order valence-corrected chi connectivity index (χ1v) is 12.4. The van der Waals surface area contributed by atoms with Gasteiger partial charge in [-0.1, -0.05) is 56.3 Å². The van der Waals surface area contributed by atoms with Crippen LogP contribution in [0.15, 0.2) is 54.6 Å². The number of carbonyl (C=O) groups excluding carboxylic acids is 1. The number of halogens is 2. The van der Waals surface area contributed by atoms with Crippen LogP contribution in [0.2, 0.25) is 10.0 Å². The van der Waals surface area contributed by atoms with Crippen LogP contribution in [-0.4, -0.2) is 50.3 Å². The van der Waals surface area contributed by atoms with Gasteiger partial charge in [-0.2, -0.15) is 0 Å². The van der Waals surface area contributed by atoms with Crippen molar-refractivity contribution in [2.45, 2.75) is 45.8 Å². The number of benzene rings is 1. The summed E-state index contributed by atoms with van der Waals surface area (Å²) in [7, 11) is 1.60. The molecule has 34 heavy (non-hydrogen) atoms. The van der Waals surface area contributed by atoms with Gasteiger partial charge in [-0.15, -0.1) is 0 Å². The fourth-order valence-corrected chi connectivity index (χ4v) is 4.13. The highest BCUT2D eigenvalue weighted by atomic mass is 35.5. The largest absolute Gasteiger partial charge is 0.501 e. The number of nitrogens with one attached hydrogen (secondary N) is 2. The van der Waals surface area contributed by atoms with E-state index in [1.807, 2.05) is 32.0 Å². The van der Waals surface area contributed by atoms with E-state index in [0.717, 1.165) is 43.7 Å². The number of nitrogens with zero attached hydrogens (tertiary/aromatic N) is 1. The number of hydrogen-bond acceptors (Lipinski definition) is 5. The molecule has 2 rings (SSSR count). The first kappa shape index (κ1) is 28.2. The van der Waals surface area contributed by atoms with E-state index in [2.05, 4.69) is 28.7 Å². The summed E-state index contributed by atoms with van der Waals surface area (Å²) in [4.78, 5) is 14.6. The third-order valence-electron chi connectivity index (χ3n) is 5.82. The van der Waals surface area contributed by atoms with Crippen LogP contribution in [0.3, 0.4) is 0 Å². The van der Waals surface area contributed by atoms with Crippen molar-refractivity contribution in [1.82, 2.24) is 15.5 Å². The van der Waals surface area contributed by atoms with Crippen LogP contribution in [0, 0.1) is 5.92 Å². The van der Waals surface area contributed by atoms with Crippen LogP contribution >= 0.6 is 23.2 Å². The van der Waals surface area contributed by atoms with Gasteiger partial charge in [0.2, 0.25) is 5.91 Å². The Morgan fingerprint density at radius 2 is 2.03 bits per heavy atom. The molecule has 2 N–H and O–H groups in total. The SMILES string of the molecule is C=C(/C=C(/CC(=C)NC[C@H]1CN(Cc2ccc(Cl)c(Cl)c2)CCO1)OC)NC(=O)C(CC)CC. The summed E-state index contributed by atoms with van der Waals surface area (Å²) in [6.45, 7) is 15.8. The Labute approximate surface area is 214 Å². The summed E-state index contributed by atoms with van der Waals surface area (Å²) >= 11 is 12.2. The second kappa shape index (κ2) is 14.4. The van der Waals surface area contributed by atoms with Crippen molar-refractivity contribution in [3.63, 3.8) is 0 Å². The number of methoxy groups -OCH3 is 1. The van der Waals surface area contributed by atoms with E-state index in [4.69, 9.17) is 32.7 Å². The maximum atomic E-state index is 12.3. The number of amides is 1. The lowest BCUT2D eigenvalue weighted by Gasteiger charge is -2.33. The maximum Gasteiger partial charge on any atom is 0.227 e. The minimum atomic E-state index is -0.0153. The Balaban J connectivity index is 1.81. The third kappa shape index (κ3) is 9.34. The smallest absolute Gasteiger partial charge is 0.227 e. The van der Waals surface area contributed by atoms with Gasteiger partial charge in [0.1, 0.15) is 5.76 Å². The maximum absolute atomic E-state index is 12.3. The Hall–Kier alpha value is -1.99. The standard InChI is InChI=1S/C26H37Cl2N3O3/c1-6-21(7-2)26(32)30-19(4)13-22(33-5)12-18(3)29-15-23-17-31(10-11-34-23)16-20-8-9-24(27)25(28)14-20/h8-9,13-14,21,23,29H,3-4,6-7,10-12,15-17H2,1-2,5H3,(H,30,32)/b22-13-/t23-/m0/s1. The summed E-state index contributed by atoms with van der Waals surface area (Å²) in [5, 5.41) is 7.34. The summed E-state index contributed by atoms with van der Waals surface area (Å²) in [6, 6.07) is 5.74. The molecule has 0 bridgehead atoms. The topological polar surface area (TPSA) is 62.8 Å². The summed E-state index contributed by atoms with van der Waals surface area (Å²) < 4.78 is 11.4. The molecule has 1 aromatic rings. The van der Waals surface area contributed by atoms with Gasteiger partial charge in [0, 0.05) is 49.9 Å². The van der Waals surface area contributed by atoms with Crippen molar-refractivity contribution >= 4 is 29.1 Å². The van der Waals surface area contributed by atoms with Crippen molar-refractivity contribution in [3.05, 3.63) is 70.2 Å². The Morgan fingerprint density at radius 1 is 1.29 bits per heavy atom. The second-order valence-electron chi connectivity index (χ2n) is 8.48. The minimum Gasteiger partial charge on any atom is -0.501 e. The summed E-state index contributed by atoms with van der Waals surface area (Å²) in [5.74, 6) is 0.635. The van der Waals surface area contributed by atoms with Crippen LogP contribution in [0.5, 0.6) is 0 Å². The van der Waals surface area contributed by atoms with E-state index < -0.39 is 0 Å². The number of carbonyl (C=O) groups is 1. The highest BCUT2D eigenvalue weighted by Crippen LogP contribution is 2.23. The first-order chi connectivity index (χ1) is 16.2. The zero-order valence-corrected chi connectivity index (χ0v) is 22.0. The molecule has 1 saturated heterocycles. The van der Waals surface area contributed by atoms with Gasteiger partial charge < -0.3 is 20.1 Å². The van der Waals surface area contributed by atoms with E-state index in [1.165, 1.54) is 0 Å². The molecule has 0 saturated carbocycles. The Kier molecular flexibility index (Phi) is 12.0. The van der Waals surface area contributed by atoms with Crippen LogP contribution in [0.25, 0.3) is 0 Å². The van der Waals surface area contributed by atoms with Gasteiger partial charge in [-0.05, 0) is 36.6 Å². The monoisotopic (exact) mass is 509 g/mol. The lowest BCUT2D eigenvalue weighted by Crippen LogP contribution is -2.46. The second-order valence-corrected chi connectivity index (χ2v) is 9.29. The van der Waals surface area contributed by atoms with Gasteiger partial charge in [0.05, 0.1) is 29.9 Å². The fourth-order valence-electron chi connectivity index (χ4n) is 3.81. The molecule has 1 heterocycles. The first-order valence-electron chi connectivity index (χ1n) is 11.7. The summed E-state index contributed by atoms with van der Waals surface area (Å²) in [6.07, 6.45) is 3.85. The third-order valence-corrected chi connectivity index (χ3v) is 6.56. The number of morpholine rings is 1. The highest BCUT2D eigenvalue weighted by Gasteiger charge is 2.21. The normalized spacial score (nSPS) is 16.9. The van der Waals surface area contributed by atoms with Crippen LogP contribution < -0.4 is 10.6 Å². The van der Waals surface area contributed by atoms with Gasteiger partial charge in [-0.3, -0.25) is 9.69 Å². The predicted molar refractivity (Wildman–Crippen MR) is 140 cm³/mol.